The fourth-order valence-electron chi connectivity index (χ4n) is 7.23. The molecule has 0 radical (unpaired) electrons. The molecule has 0 spiro atoms. The molecule has 0 aromatic heterocycles. The third kappa shape index (κ3) is 22.6. The highest BCUT2D eigenvalue weighted by atomic mass is 16.6. The summed E-state index contributed by atoms with van der Waals surface area (Å²) in [4.78, 5) is 60.7. The number of amides is 2. The molecule has 3 N–H and O–H groups in total. The van der Waals surface area contributed by atoms with E-state index in [1.807, 2.05) is 121 Å². The first-order valence-corrected chi connectivity index (χ1v) is 23.0. The van der Waals surface area contributed by atoms with Crippen LogP contribution in [0.3, 0.4) is 0 Å². The molecule has 2 amide bonds. The van der Waals surface area contributed by atoms with Crippen LogP contribution in [0.1, 0.15) is 63.8 Å². The minimum Gasteiger partial charge on any atom is -0.467 e. The van der Waals surface area contributed by atoms with E-state index in [2.05, 4.69) is 10.6 Å². The maximum atomic E-state index is 12.2. The van der Waals surface area contributed by atoms with Crippen LogP contribution in [0, 0.1) is 23.7 Å². The summed E-state index contributed by atoms with van der Waals surface area (Å²) >= 11 is 0. The van der Waals surface area contributed by atoms with Crippen molar-refractivity contribution >= 4 is 30.4 Å². The van der Waals surface area contributed by atoms with Crippen molar-refractivity contribution in [3.8, 4) is 0 Å². The monoisotopic (exact) mass is 941 g/mol. The van der Waals surface area contributed by atoms with Crippen LogP contribution in [0.25, 0.3) is 0 Å². The number of hydrogen-bond acceptors (Lipinski definition) is 12. The summed E-state index contributed by atoms with van der Waals surface area (Å²) in [6, 6.07) is 37.7. The summed E-state index contributed by atoms with van der Waals surface area (Å²) in [5.41, 5.74) is 3.03. The minimum atomic E-state index is -1.03. The van der Waals surface area contributed by atoms with Gasteiger partial charge in [-0.3, -0.25) is 0 Å². The van der Waals surface area contributed by atoms with Crippen molar-refractivity contribution in [1.82, 2.24) is 10.6 Å². The van der Waals surface area contributed by atoms with Gasteiger partial charge in [0.15, 0.2) is 12.1 Å². The lowest BCUT2D eigenvalue weighted by molar-refractivity contribution is -0.145. The van der Waals surface area contributed by atoms with E-state index in [1.165, 1.54) is 14.2 Å². The largest absolute Gasteiger partial charge is 0.467 e. The molecule has 0 unspecified atom stereocenters. The van der Waals surface area contributed by atoms with Gasteiger partial charge in [-0.2, -0.15) is 0 Å². The third-order valence-electron chi connectivity index (χ3n) is 10.6. The van der Waals surface area contributed by atoms with Crippen LogP contribution in [0.2, 0.25) is 0 Å². The molecular weight excluding hydrogens is 869 g/mol. The molecule has 6 atom stereocenters. The topological polar surface area (TPSA) is 185 Å². The van der Waals surface area contributed by atoms with Gasteiger partial charge in [0, 0.05) is 12.5 Å². The van der Waals surface area contributed by atoms with Gasteiger partial charge in [0.1, 0.15) is 17.5 Å². The number of aldehydes is 1. The first-order valence-electron chi connectivity index (χ1n) is 23.0. The van der Waals surface area contributed by atoms with E-state index in [1.54, 1.807) is 41.5 Å². The summed E-state index contributed by atoms with van der Waals surface area (Å²) in [6.45, 7) is 10.8. The Morgan fingerprint density at radius 3 is 1.15 bits per heavy atom. The fraction of sp³-hybridized carbons (Fsp3) is 0.463. The summed E-state index contributed by atoms with van der Waals surface area (Å²) in [5.74, 6) is -1.71. The molecule has 4 aromatic rings. The SMILES string of the molecule is COC(=O)[C@H](COC[C@H](Cc1ccccc1)[C@H](C=O)Cc1ccccc1)NC(=O)OC(C)(C)C.COC(=O)[C@H](COC[C@H](Cc1ccccc1)[C@H](CO)Cc1ccccc1)NC(=O)OC(C)(C)C. The van der Waals surface area contributed by atoms with Crippen molar-refractivity contribution in [3.05, 3.63) is 144 Å². The smallest absolute Gasteiger partial charge is 0.408 e. The van der Waals surface area contributed by atoms with Crippen molar-refractivity contribution in [1.29, 1.82) is 0 Å². The van der Waals surface area contributed by atoms with Crippen molar-refractivity contribution in [3.63, 3.8) is 0 Å². The molecule has 0 aliphatic carbocycles. The fourth-order valence-corrected chi connectivity index (χ4v) is 7.23. The number of methoxy groups -OCH3 is 2. The number of ether oxygens (including phenoxy) is 6. The maximum Gasteiger partial charge on any atom is 0.408 e. The third-order valence-corrected chi connectivity index (χ3v) is 10.6. The zero-order valence-electron chi connectivity index (χ0n) is 40.9. The van der Waals surface area contributed by atoms with E-state index in [0.717, 1.165) is 28.5 Å². The number of nitrogens with one attached hydrogen (secondary N) is 2. The van der Waals surface area contributed by atoms with E-state index in [-0.39, 0.29) is 50.1 Å². The Labute approximate surface area is 402 Å². The average molecular weight is 941 g/mol. The Kier molecular flexibility index (Phi) is 24.5. The second kappa shape index (κ2) is 29.6. The first-order chi connectivity index (χ1) is 32.4. The first kappa shape index (κ1) is 56.2. The molecule has 0 saturated heterocycles. The number of alkyl carbamates (subject to hydrolysis) is 2. The molecule has 14 nitrogen and oxygen atoms in total. The molecule has 0 heterocycles. The van der Waals surface area contributed by atoms with Crippen LogP contribution in [0.4, 0.5) is 9.59 Å². The van der Waals surface area contributed by atoms with Crippen molar-refractivity contribution in [2.45, 2.75) is 90.5 Å². The Hall–Kier alpha value is -6.09. The van der Waals surface area contributed by atoms with Crippen molar-refractivity contribution in [2.24, 2.45) is 23.7 Å². The predicted molar refractivity (Wildman–Crippen MR) is 260 cm³/mol. The van der Waals surface area contributed by atoms with Crippen molar-refractivity contribution < 1.29 is 57.5 Å². The van der Waals surface area contributed by atoms with Crippen LogP contribution in [0.15, 0.2) is 121 Å². The van der Waals surface area contributed by atoms with Gasteiger partial charge in [-0.05, 0) is 107 Å². The van der Waals surface area contributed by atoms with Gasteiger partial charge in [-0.15, -0.1) is 0 Å². The average Bonchev–Trinajstić information content (AvgIpc) is 3.31. The second-order valence-corrected chi connectivity index (χ2v) is 18.5. The van der Waals surface area contributed by atoms with E-state index >= 15 is 0 Å². The van der Waals surface area contributed by atoms with Gasteiger partial charge in [0.25, 0.3) is 0 Å². The maximum absolute atomic E-state index is 12.2. The quantitative estimate of drug-likeness (QED) is 0.0353. The van der Waals surface area contributed by atoms with Crippen LogP contribution >= 0.6 is 0 Å². The van der Waals surface area contributed by atoms with E-state index in [4.69, 9.17) is 28.4 Å². The Bertz CT molecular complexity index is 2060. The molecule has 14 heteroatoms. The highest BCUT2D eigenvalue weighted by molar-refractivity contribution is 5.82. The molecule has 4 aromatic carbocycles. The number of aliphatic hydroxyl groups is 1. The Morgan fingerprint density at radius 2 is 0.824 bits per heavy atom. The number of benzene rings is 4. The number of carbonyl (C=O) groups excluding carboxylic acids is 5. The highest BCUT2D eigenvalue weighted by Gasteiger charge is 2.29. The lowest BCUT2D eigenvalue weighted by Crippen LogP contribution is -2.47. The summed E-state index contributed by atoms with van der Waals surface area (Å²) in [6.07, 6.45) is 2.16. The summed E-state index contributed by atoms with van der Waals surface area (Å²) in [5, 5.41) is 15.2. The van der Waals surface area contributed by atoms with E-state index in [9.17, 15) is 29.1 Å². The van der Waals surface area contributed by atoms with Gasteiger partial charge in [-0.1, -0.05) is 121 Å². The van der Waals surface area contributed by atoms with Crippen LogP contribution < -0.4 is 10.6 Å². The predicted octanol–water partition coefficient (Wildman–Crippen LogP) is 7.77. The number of carbonyl (C=O) groups is 5. The number of aliphatic hydroxyl groups excluding tert-OH is 1. The van der Waals surface area contributed by atoms with Crippen LogP contribution in [-0.4, -0.2) is 106 Å². The van der Waals surface area contributed by atoms with E-state index in [0.29, 0.717) is 32.3 Å². The molecule has 370 valence electrons. The molecule has 0 aliphatic heterocycles. The Balaban J connectivity index is 0.000000360. The van der Waals surface area contributed by atoms with Crippen LogP contribution in [-0.2, 0) is 68.5 Å². The highest BCUT2D eigenvalue weighted by Crippen LogP contribution is 2.24. The standard InChI is InChI=1S/C27H37NO6.C27H35NO6/c2*1-27(2,3)34-26(31)28-24(25(30)32-4)19-33-18-23(16-21-13-9-6-10-14-21)22(17-29)15-20-11-7-5-8-12-20/h5-14,22-24,29H,15-19H2,1-4H3,(H,28,31);5-14,17,22-24H,15-16,18-19H2,1-4H3,(H,28,31)/t2*22-,23-,24-/m00/s1. The number of hydrogen-bond donors (Lipinski definition) is 3. The molecule has 0 bridgehead atoms. The summed E-state index contributed by atoms with van der Waals surface area (Å²) in [7, 11) is 2.50. The molecule has 0 saturated carbocycles. The van der Waals surface area contributed by atoms with Gasteiger partial charge < -0.3 is 49.0 Å². The van der Waals surface area contributed by atoms with Gasteiger partial charge in [0.05, 0.1) is 40.6 Å². The summed E-state index contributed by atoms with van der Waals surface area (Å²) < 4.78 is 31.9. The van der Waals surface area contributed by atoms with Gasteiger partial charge in [0.2, 0.25) is 0 Å². The van der Waals surface area contributed by atoms with E-state index < -0.39 is 47.4 Å². The minimum absolute atomic E-state index is 0.00629. The van der Waals surface area contributed by atoms with Gasteiger partial charge >= 0.3 is 24.1 Å². The lowest BCUT2D eigenvalue weighted by Gasteiger charge is -2.27. The van der Waals surface area contributed by atoms with Crippen molar-refractivity contribution in [2.75, 3.05) is 47.3 Å². The Morgan fingerprint density at radius 1 is 0.500 bits per heavy atom. The number of rotatable bonds is 24. The molecule has 4 rings (SSSR count). The lowest BCUT2D eigenvalue weighted by atomic mass is 9.83. The zero-order chi connectivity index (χ0) is 50.0. The molecule has 68 heavy (non-hydrogen) atoms. The molecule has 0 fully saturated rings. The zero-order valence-corrected chi connectivity index (χ0v) is 40.9. The normalized spacial score (nSPS) is 14.0. The molecule has 0 aliphatic rings. The number of esters is 2. The second-order valence-electron chi connectivity index (χ2n) is 18.5. The van der Waals surface area contributed by atoms with Crippen LogP contribution in [0.5, 0.6) is 0 Å². The van der Waals surface area contributed by atoms with Gasteiger partial charge in [-0.25, -0.2) is 19.2 Å². The molecular formula is C54H72N2O12.